The van der Waals surface area contributed by atoms with Gasteiger partial charge < -0.3 is 15.5 Å². The summed E-state index contributed by atoms with van der Waals surface area (Å²) < 4.78 is 0. The molecule has 94 valence electrons. The lowest BCUT2D eigenvalue weighted by Gasteiger charge is -2.19. The molecule has 1 aromatic rings. The molecule has 0 spiro atoms. The smallest absolute Gasteiger partial charge is 0.231 e. The maximum absolute atomic E-state index is 5.69. The number of nitrogens with two attached hydrogens (primary N) is 1. The number of hydrogen-bond donors (Lipinski definition) is 1. The number of nitrogens with zero attached hydrogens (tertiary/aromatic N) is 5. The Labute approximate surface area is 102 Å². The fourth-order valence-corrected chi connectivity index (χ4v) is 1.83. The van der Waals surface area contributed by atoms with E-state index >= 15 is 0 Å². The fourth-order valence-electron chi connectivity index (χ4n) is 1.83. The van der Waals surface area contributed by atoms with Crippen molar-refractivity contribution < 1.29 is 0 Å². The van der Waals surface area contributed by atoms with Crippen LogP contribution in [0.5, 0.6) is 0 Å². The molecule has 1 fully saturated rings. The Morgan fingerprint density at radius 2 is 1.76 bits per heavy atom. The Morgan fingerprint density at radius 1 is 1.18 bits per heavy atom. The maximum atomic E-state index is 5.69. The molecule has 2 N–H and O–H groups in total. The molecule has 1 saturated carbocycles. The molecule has 6 heteroatoms. The van der Waals surface area contributed by atoms with Gasteiger partial charge in [0.15, 0.2) is 0 Å². The van der Waals surface area contributed by atoms with Crippen molar-refractivity contribution in [2.45, 2.75) is 13.3 Å². The highest BCUT2D eigenvalue weighted by Crippen LogP contribution is 2.38. The standard InChI is InChI=1S/C11H20N6/c1-7-5-8(7)6-17(4)11-14-9(12)13-10(15-11)16(2)3/h7-8H,5-6H2,1-4H3,(H2,12,13,14,15). The SMILES string of the molecule is CC1CC1CN(C)c1nc(N)nc(N(C)C)n1. The minimum atomic E-state index is 0.273. The Kier molecular flexibility index (Phi) is 3.04. The molecule has 0 radical (unpaired) electrons. The molecule has 2 rings (SSSR count). The Bertz CT molecular complexity index is 405. The monoisotopic (exact) mass is 236 g/mol. The fraction of sp³-hybridized carbons (Fsp3) is 0.727. The van der Waals surface area contributed by atoms with Gasteiger partial charge >= 0.3 is 0 Å². The summed E-state index contributed by atoms with van der Waals surface area (Å²) in [5.41, 5.74) is 5.69. The van der Waals surface area contributed by atoms with Crippen LogP contribution in [0, 0.1) is 11.8 Å². The van der Waals surface area contributed by atoms with Gasteiger partial charge in [0.1, 0.15) is 0 Å². The van der Waals surface area contributed by atoms with E-state index in [-0.39, 0.29) is 5.95 Å². The van der Waals surface area contributed by atoms with Crippen molar-refractivity contribution in [1.29, 1.82) is 0 Å². The largest absolute Gasteiger partial charge is 0.368 e. The van der Waals surface area contributed by atoms with E-state index in [4.69, 9.17) is 5.73 Å². The van der Waals surface area contributed by atoms with Crippen molar-refractivity contribution in [3.8, 4) is 0 Å². The van der Waals surface area contributed by atoms with Crippen molar-refractivity contribution >= 4 is 17.8 Å². The molecule has 1 aromatic heterocycles. The van der Waals surface area contributed by atoms with Crippen LogP contribution in [-0.2, 0) is 0 Å². The van der Waals surface area contributed by atoms with Gasteiger partial charge in [-0.15, -0.1) is 0 Å². The lowest BCUT2D eigenvalue weighted by molar-refractivity contribution is 0.709. The lowest BCUT2D eigenvalue weighted by atomic mass is 10.3. The summed E-state index contributed by atoms with van der Waals surface area (Å²) in [6.07, 6.45) is 1.30. The van der Waals surface area contributed by atoms with Crippen LogP contribution < -0.4 is 15.5 Å². The first-order valence-electron chi connectivity index (χ1n) is 5.87. The molecule has 6 nitrogen and oxygen atoms in total. The minimum Gasteiger partial charge on any atom is -0.368 e. The highest BCUT2D eigenvalue weighted by atomic mass is 15.3. The van der Waals surface area contributed by atoms with Crippen LogP contribution >= 0.6 is 0 Å². The third-order valence-electron chi connectivity index (χ3n) is 3.16. The van der Waals surface area contributed by atoms with Gasteiger partial charge in [0.2, 0.25) is 17.8 Å². The topological polar surface area (TPSA) is 71.2 Å². The van der Waals surface area contributed by atoms with Crippen LogP contribution in [0.4, 0.5) is 17.8 Å². The molecule has 0 aliphatic heterocycles. The zero-order valence-electron chi connectivity index (χ0n) is 10.9. The van der Waals surface area contributed by atoms with Gasteiger partial charge in [0.25, 0.3) is 0 Å². The number of aromatic nitrogens is 3. The molecule has 2 atom stereocenters. The second-order valence-electron chi connectivity index (χ2n) is 5.04. The summed E-state index contributed by atoms with van der Waals surface area (Å²) in [5, 5.41) is 0. The summed E-state index contributed by atoms with van der Waals surface area (Å²) in [4.78, 5) is 16.5. The van der Waals surface area contributed by atoms with E-state index in [1.165, 1.54) is 6.42 Å². The highest BCUT2D eigenvalue weighted by molar-refractivity contribution is 5.42. The molecule has 0 saturated heterocycles. The maximum Gasteiger partial charge on any atom is 0.231 e. The van der Waals surface area contributed by atoms with Crippen LogP contribution in [0.25, 0.3) is 0 Å². The van der Waals surface area contributed by atoms with Gasteiger partial charge in [0, 0.05) is 27.7 Å². The van der Waals surface area contributed by atoms with E-state index in [9.17, 15) is 0 Å². The van der Waals surface area contributed by atoms with E-state index in [1.54, 1.807) is 0 Å². The normalized spacial score (nSPS) is 22.4. The first kappa shape index (κ1) is 11.9. The third kappa shape index (κ3) is 2.75. The number of anilines is 3. The number of rotatable bonds is 4. The van der Waals surface area contributed by atoms with Gasteiger partial charge in [-0.25, -0.2) is 0 Å². The van der Waals surface area contributed by atoms with Crippen LogP contribution in [0.3, 0.4) is 0 Å². The summed E-state index contributed by atoms with van der Waals surface area (Å²) >= 11 is 0. The van der Waals surface area contributed by atoms with E-state index in [0.717, 1.165) is 18.4 Å². The minimum absolute atomic E-state index is 0.273. The lowest BCUT2D eigenvalue weighted by Crippen LogP contribution is -2.25. The van der Waals surface area contributed by atoms with Gasteiger partial charge in [-0.1, -0.05) is 6.92 Å². The number of hydrogen-bond acceptors (Lipinski definition) is 6. The Balaban J connectivity index is 2.13. The van der Waals surface area contributed by atoms with Crippen molar-refractivity contribution in [2.24, 2.45) is 11.8 Å². The van der Waals surface area contributed by atoms with Gasteiger partial charge in [0.05, 0.1) is 0 Å². The molecular weight excluding hydrogens is 216 g/mol. The summed E-state index contributed by atoms with van der Waals surface area (Å²) in [7, 11) is 5.78. The van der Waals surface area contributed by atoms with Crippen LogP contribution in [0.15, 0.2) is 0 Å². The third-order valence-corrected chi connectivity index (χ3v) is 3.16. The second kappa shape index (κ2) is 4.35. The summed E-state index contributed by atoms with van der Waals surface area (Å²) in [6, 6.07) is 0. The van der Waals surface area contributed by atoms with E-state index < -0.39 is 0 Å². The molecule has 0 amide bonds. The highest BCUT2D eigenvalue weighted by Gasteiger charge is 2.33. The summed E-state index contributed by atoms with van der Waals surface area (Å²) in [6.45, 7) is 3.25. The van der Waals surface area contributed by atoms with Crippen LogP contribution in [-0.4, -0.2) is 42.6 Å². The van der Waals surface area contributed by atoms with Gasteiger partial charge in [-0.3, -0.25) is 0 Å². The van der Waals surface area contributed by atoms with Crippen LogP contribution in [0.1, 0.15) is 13.3 Å². The first-order valence-corrected chi connectivity index (χ1v) is 5.87. The molecule has 1 aliphatic carbocycles. The summed E-state index contributed by atoms with van der Waals surface area (Å²) in [5.74, 6) is 3.11. The predicted molar refractivity (Wildman–Crippen MR) is 69.1 cm³/mol. The average Bonchev–Trinajstić information content (AvgIpc) is 2.93. The zero-order valence-corrected chi connectivity index (χ0v) is 10.9. The van der Waals surface area contributed by atoms with Crippen molar-refractivity contribution in [3.05, 3.63) is 0 Å². The Hall–Kier alpha value is -1.59. The van der Waals surface area contributed by atoms with Crippen molar-refractivity contribution in [3.63, 3.8) is 0 Å². The molecule has 0 bridgehead atoms. The number of nitrogen functional groups attached to an aromatic ring is 1. The first-order chi connectivity index (χ1) is 7.97. The van der Waals surface area contributed by atoms with Gasteiger partial charge in [-0.05, 0) is 18.3 Å². The Morgan fingerprint density at radius 3 is 2.29 bits per heavy atom. The van der Waals surface area contributed by atoms with Gasteiger partial charge in [-0.2, -0.15) is 15.0 Å². The molecule has 1 heterocycles. The van der Waals surface area contributed by atoms with E-state index in [2.05, 4.69) is 26.8 Å². The van der Waals surface area contributed by atoms with E-state index in [0.29, 0.717) is 11.9 Å². The molecular formula is C11H20N6. The zero-order chi connectivity index (χ0) is 12.6. The molecule has 1 aliphatic rings. The van der Waals surface area contributed by atoms with Crippen molar-refractivity contribution in [2.75, 3.05) is 43.2 Å². The van der Waals surface area contributed by atoms with Crippen LogP contribution in [0.2, 0.25) is 0 Å². The molecule has 2 unspecified atom stereocenters. The second-order valence-corrected chi connectivity index (χ2v) is 5.04. The molecule has 17 heavy (non-hydrogen) atoms. The van der Waals surface area contributed by atoms with E-state index in [1.807, 2.05) is 26.0 Å². The molecule has 0 aromatic carbocycles. The quantitative estimate of drug-likeness (QED) is 0.826. The average molecular weight is 236 g/mol. The van der Waals surface area contributed by atoms with Crippen molar-refractivity contribution in [1.82, 2.24) is 15.0 Å². The predicted octanol–water partition coefficient (Wildman–Crippen LogP) is 0.612.